The molecule has 0 unspecified atom stereocenters. The van der Waals surface area contributed by atoms with E-state index in [0.29, 0.717) is 17.7 Å². The van der Waals surface area contributed by atoms with Crippen LogP contribution in [0.4, 0.5) is 0 Å². The summed E-state index contributed by atoms with van der Waals surface area (Å²) in [4.78, 5) is 15.6. The second-order valence-electron chi connectivity index (χ2n) is 5.86. The van der Waals surface area contributed by atoms with Crippen LogP contribution in [0.15, 0.2) is 60.8 Å². The SMILES string of the molecule is Cc1nccc(OCc2ccc(-c3ccccc3C(=O)O)cc2)c1C. The molecule has 3 rings (SSSR count). The predicted octanol–water partition coefficient (Wildman–Crippen LogP) is 4.64. The van der Waals surface area contributed by atoms with Crippen molar-refractivity contribution in [2.75, 3.05) is 0 Å². The molecule has 2 aromatic carbocycles. The smallest absolute Gasteiger partial charge is 0.336 e. The summed E-state index contributed by atoms with van der Waals surface area (Å²) in [6.07, 6.45) is 1.74. The second kappa shape index (κ2) is 7.18. The summed E-state index contributed by atoms with van der Waals surface area (Å²) in [5, 5.41) is 9.32. The molecular formula is C21H19NO3. The molecule has 0 atom stereocenters. The van der Waals surface area contributed by atoms with Crippen molar-refractivity contribution in [3.63, 3.8) is 0 Å². The summed E-state index contributed by atoms with van der Waals surface area (Å²) in [6, 6.07) is 16.6. The average molecular weight is 333 g/mol. The van der Waals surface area contributed by atoms with E-state index in [2.05, 4.69) is 4.98 Å². The molecule has 126 valence electrons. The lowest BCUT2D eigenvalue weighted by atomic mass is 9.99. The molecule has 1 heterocycles. The van der Waals surface area contributed by atoms with Crippen LogP contribution in [0.25, 0.3) is 11.1 Å². The number of nitrogens with zero attached hydrogens (tertiary/aromatic N) is 1. The van der Waals surface area contributed by atoms with E-state index in [1.165, 1.54) is 0 Å². The Balaban J connectivity index is 1.77. The van der Waals surface area contributed by atoms with Crippen LogP contribution < -0.4 is 4.74 Å². The van der Waals surface area contributed by atoms with Crippen molar-refractivity contribution in [3.8, 4) is 16.9 Å². The van der Waals surface area contributed by atoms with Crippen molar-refractivity contribution < 1.29 is 14.6 Å². The highest BCUT2D eigenvalue weighted by molar-refractivity contribution is 5.95. The minimum atomic E-state index is -0.924. The number of carboxylic acids is 1. The van der Waals surface area contributed by atoms with Gasteiger partial charge < -0.3 is 9.84 Å². The molecule has 0 aliphatic carbocycles. The monoisotopic (exact) mass is 333 g/mol. The molecule has 4 heteroatoms. The zero-order valence-corrected chi connectivity index (χ0v) is 14.2. The highest BCUT2D eigenvalue weighted by Gasteiger charge is 2.10. The summed E-state index contributed by atoms with van der Waals surface area (Å²) in [5.74, 6) is -0.0978. The van der Waals surface area contributed by atoms with Crippen molar-refractivity contribution in [2.24, 2.45) is 0 Å². The van der Waals surface area contributed by atoms with Crippen molar-refractivity contribution >= 4 is 5.97 Å². The summed E-state index contributed by atoms with van der Waals surface area (Å²) in [7, 11) is 0. The summed E-state index contributed by atoms with van der Waals surface area (Å²) in [5.41, 5.74) is 4.90. The van der Waals surface area contributed by atoms with E-state index >= 15 is 0 Å². The fourth-order valence-electron chi connectivity index (χ4n) is 2.64. The Morgan fingerprint density at radius 1 is 1.04 bits per heavy atom. The van der Waals surface area contributed by atoms with E-state index in [0.717, 1.165) is 28.1 Å². The van der Waals surface area contributed by atoms with E-state index in [9.17, 15) is 9.90 Å². The molecule has 1 N–H and O–H groups in total. The zero-order chi connectivity index (χ0) is 17.8. The number of carbonyl (C=O) groups is 1. The van der Waals surface area contributed by atoms with Gasteiger partial charge in [-0.15, -0.1) is 0 Å². The number of aryl methyl sites for hydroxylation is 1. The standard InChI is InChI=1S/C21H19NO3/c1-14-15(2)22-12-11-20(14)25-13-16-7-9-17(10-8-16)18-5-3-4-6-19(18)21(23)24/h3-12H,13H2,1-2H3,(H,23,24). The van der Waals surface area contributed by atoms with Crippen LogP contribution in [0.1, 0.15) is 27.2 Å². The number of aromatic nitrogens is 1. The first kappa shape index (κ1) is 16.7. The van der Waals surface area contributed by atoms with Gasteiger partial charge in [0, 0.05) is 17.5 Å². The number of rotatable bonds is 5. The first-order chi connectivity index (χ1) is 12.1. The first-order valence-electron chi connectivity index (χ1n) is 8.03. The third-order valence-electron chi connectivity index (χ3n) is 4.22. The average Bonchev–Trinajstić information content (AvgIpc) is 2.63. The maximum Gasteiger partial charge on any atom is 0.336 e. The summed E-state index contributed by atoms with van der Waals surface area (Å²) < 4.78 is 5.88. The van der Waals surface area contributed by atoms with Crippen LogP contribution >= 0.6 is 0 Å². The number of benzene rings is 2. The van der Waals surface area contributed by atoms with Gasteiger partial charge in [-0.1, -0.05) is 42.5 Å². The lowest BCUT2D eigenvalue weighted by molar-refractivity contribution is 0.0697. The van der Waals surface area contributed by atoms with Gasteiger partial charge in [0.15, 0.2) is 0 Å². The highest BCUT2D eigenvalue weighted by atomic mass is 16.5. The van der Waals surface area contributed by atoms with Gasteiger partial charge in [-0.25, -0.2) is 4.79 Å². The highest BCUT2D eigenvalue weighted by Crippen LogP contribution is 2.25. The quantitative estimate of drug-likeness (QED) is 0.739. The fourth-order valence-corrected chi connectivity index (χ4v) is 2.64. The molecule has 0 bridgehead atoms. The Morgan fingerprint density at radius 3 is 2.48 bits per heavy atom. The van der Waals surface area contributed by atoms with Gasteiger partial charge in [0.05, 0.1) is 5.56 Å². The number of carboxylic acid groups (broad SMARTS) is 1. The largest absolute Gasteiger partial charge is 0.489 e. The lowest BCUT2D eigenvalue weighted by Crippen LogP contribution is -2.00. The van der Waals surface area contributed by atoms with Crippen molar-refractivity contribution in [1.29, 1.82) is 0 Å². The Labute approximate surface area is 146 Å². The van der Waals surface area contributed by atoms with E-state index in [1.54, 1.807) is 18.3 Å². The molecule has 1 aromatic heterocycles. The minimum Gasteiger partial charge on any atom is -0.489 e. The van der Waals surface area contributed by atoms with Crippen molar-refractivity contribution in [2.45, 2.75) is 20.5 Å². The Bertz CT molecular complexity index is 901. The van der Waals surface area contributed by atoms with E-state index in [1.807, 2.05) is 56.3 Å². The maximum atomic E-state index is 11.4. The third kappa shape index (κ3) is 3.69. The van der Waals surface area contributed by atoms with Gasteiger partial charge >= 0.3 is 5.97 Å². The van der Waals surface area contributed by atoms with Crippen LogP contribution in [0, 0.1) is 13.8 Å². The Kier molecular flexibility index (Phi) is 4.80. The number of pyridine rings is 1. The number of aromatic carboxylic acids is 1. The molecular weight excluding hydrogens is 314 g/mol. The molecule has 0 saturated carbocycles. The molecule has 0 saturated heterocycles. The maximum absolute atomic E-state index is 11.4. The van der Waals surface area contributed by atoms with Crippen LogP contribution in [0.3, 0.4) is 0 Å². The molecule has 4 nitrogen and oxygen atoms in total. The van der Waals surface area contributed by atoms with Crippen LogP contribution in [0.5, 0.6) is 5.75 Å². The van der Waals surface area contributed by atoms with Gasteiger partial charge in [0.2, 0.25) is 0 Å². The molecule has 0 spiro atoms. The van der Waals surface area contributed by atoms with Crippen LogP contribution in [0.2, 0.25) is 0 Å². The number of ether oxygens (including phenoxy) is 1. The number of hydrogen-bond acceptors (Lipinski definition) is 3. The molecule has 25 heavy (non-hydrogen) atoms. The van der Waals surface area contributed by atoms with Gasteiger partial charge in [-0.05, 0) is 42.7 Å². The first-order valence-corrected chi connectivity index (χ1v) is 8.03. The summed E-state index contributed by atoms with van der Waals surface area (Å²) >= 11 is 0. The molecule has 0 aliphatic heterocycles. The predicted molar refractivity (Wildman–Crippen MR) is 96.9 cm³/mol. The fraction of sp³-hybridized carbons (Fsp3) is 0.143. The normalized spacial score (nSPS) is 10.5. The molecule has 3 aromatic rings. The number of hydrogen-bond donors (Lipinski definition) is 1. The van der Waals surface area contributed by atoms with E-state index in [4.69, 9.17) is 4.74 Å². The Morgan fingerprint density at radius 2 is 1.76 bits per heavy atom. The van der Waals surface area contributed by atoms with Crippen LogP contribution in [-0.4, -0.2) is 16.1 Å². The third-order valence-corrected chi connectivity index (χ3v) is 4.22. The van der Waals surface area contributed by atoms with Gasteiger partial charge in [-0.2, -0.15) is 0 Å². The molecule has 0 fully saturated rings. The lowest BCUT2D eigenvalue weighted by Gasteiger charge is -2.11. The molecule has 0 radical (unpaired) electrons. The minimum absolute atomic E-state index is 0.300. The summed E-state index contributed by atoms with van der Waals surface area (Å²) in [6.45, 7) is 4.39. The van der Waals surface area contributed by atoms with Gasteiger partial charge in [-0.3, -0.25) is 4.98 Å². The van der Waals surface area contributed by atoms with Crippen molar-refractivity contribution in [1.82, 2.24) is 4.98 Å². The van der Waals surface area contributed by atoms with Crippen molar-refractivity contribution in [3.05, 3.63) is 83.2 Å². The molecule has 0 amide bonds. The second-order valence-corrected chi connectivity index (χ2v) is 5.86. The Hall–Kier alpha value is -3.14. The van der Waals surface area contributed by atoms with E-state index < -0.39 is 5.97 Å². The topological polar surface area (TPSA) is 59.4 Å². The van der Waals surface area contributed by atoms with Crippen LogP contribution in [-0.2, 0) is 6.61 Å². The van der Waals surface area contributed by atoms with E-state index in [-0.39, 0.29) is 0 Å². The van der Waals surface area contributed by atoms with Gasteiger partial charge in [0.1, 0.15) is 12.4 Å². The molecule has 0 aliphatic rings. The van der Waals surface area contributed by atoms with Gasteiger partial charge in [0.25, 0.3) is 0 Å². The zero-order valence-electron chi connectivity index (χ0n) is 14.2.